The molecule has 0 bridgehead atoms. The van der Waals surface area contributed by atoms with Crippen LogP contribution in [0.25, 0.3) is 0 Å². The Kier molecular flexibility index (Phi) is 5.33. The summed E-state index contributed by atoms with van der Waals surface area (Å²) in [6.07, 6.45) is 0.0226. The maximum atomic E-state index is 13.0. The van der Waals surface area contributed by atoms with Crippen molar-refractivity contribution in [3.8, 4) is 11.5 Å². The van der Waals surface area contributed by atoms with E-state index in [4.69, 9.17) is 9.47 Å². The van der Waals surface area contributed by atoms with E-state index in [0.29, 0.717) is 17.2 Å². The highest BCUT2D eigenvalue weighted by Crippen LogP contribution is 2.33. The number of anilines is 1. The minimum Gasteiger partial charge on any atom is -0.493 e. The number of hydrogen-bond donors (Lipinski definition) is 1. The predicted molar refractivity (Wildman–Crippen MR) is 97.0 cm³/mol. The highest BCUT2D eigenvalue weighted by atomic mass is 32.2. The molecule has 9 heteroatoms. The standard InChI is InChI=1S/C18H19FN2O5S/c1-25-16-8-5-14(10-17(16)26-2)21-11-13(9-18(21)22)20-27(23,24)15-6-3-12(19)4-7-15/h3-8,10,13,20H,9,11H2,1-2H3/t13-/m1/s1. The lowest BCUT2D eigenvalue weighted by molar-refractivity contribution is -0.117. The van der Waals surface area contributed by atoms with E-state index in [1.165, 1.54) is 31.3 Å². The summed E-state index contributed by atoms with van der Waals surface area (Å²) in [4.78, 5) is 13.8. The normalized spacial score (nSPS) is 17.2. The highest BCUT2D eigenvalue weighted by Gasteiger charge is 2.34. The number of sulfonamides is 1. The van der Waals surface area contributed by atoms with E-state index in [2.05, 4.69) is 4.72 Å². The van der Waals surface area contributed by atoms with E-state index in [9.17, 15) is 17.6 Å². The van der Waals surface area contributed by atoms with Crippen LogP contribution in [0.1, 0.15) is 6.42 Å². The van der Waals surface area contributed by atoms with Crippen LogP contribution < -0.4 is 19.1 Å². The Morgan fingerprint density at radius 3 is 2.37 bits per heavy atom. The summed E-state index contributed by atoms with van der Waals surface area (Å²) in [5.41, 5.74) is 0.584. The van der Waals surface area contributed by atoms with E-state index >= 15 is 0 Å². The van der Waals surface area contributed by atoms with E-state index in [0.717, 1.165) is 12.1 Å². The number of ether oxygens (including phenoxy) is 2. The summed E-state index contributed by atoms with van der Waals surface area (Å²) in [6, 6.07) is 8.96. The van der Waals surface area contributed by atoms with Crippen molar-refractivity contribution in [1.29, 1.82) is 0 Å². The van der Waals surface area contributed by atoms with Crippen LogP contribution in [0.2, 0.25) is 0 Å². The van der Waals surface area contributed by atoms with Crippen molar-refractivity contribution in [2.45, 2.75) is 17.4 Å². The molecule has 1 amide bonds. The highest BCUT2D eigenvalue weighted by molar-refractivity contribution is 7.89. The lowest BCUT2D eigenvalue weighted by atomic mass is 10.2. The Morgan fingerprint density at radius 1 is 1.07 bits per heavy atom. The van der Waals surface area contributed by atoms with Crippen LogP contribution in [0.4, 0.5) is 10.1 Å². The maximum absolute atomic E-state index is 13.0. The van der Waals surface area contributed by atoms with Crippen molar-refractivity contribution in [1.82, 2.24) is 4.72 Å². The molecule has 144 valence electrons. The van der Waals surface area contributed by atoms with Crippen molar-refractivity contribution >= 4 is 21.6 Å². The monoisotopic (exact) mass is 394 g/mol. The Balaban J connectivity index is 1.76. The number of nitrogens with one attached hydrogen (secondary N) is 1. The van der Waals surface area contributed by atoms with Gasteiger partial charge in [0.25, 0.3) is 0 Å². The summed E-state index contributed by atoms with van der Waals surface area (Å²) in [6.45, 7) is 0.175. The lowest BCUT2D eigenvalue weighted by Crippen LogP contribution is -2.37. The van der Waals surface area contributed by atoms with Gasteiger partial charge in [-0.15, -0.1) is 0 Å². The fraction of sp³-hybridized carbons (Fsp3) is 0.278. The van der Waals surface area contributed by atoms with Gasteiger partial charge in [-0.05, 0) is 36.4 Å². The van der Waals surface area contributed by atoms with Gasteiger partial charge in [0.05, 0.1) is 19.1 Å². The zero-order valence-corrected chi connectivity index (χ0v) is 15.6. The Morgan fingerprint density at radius 2 is 1.74 bits per heavy atom. The van der Waals surface area contributed by atoms with E-state index in [-0.39, 0.29) is 23.8 Å². The van der Waals surface area contributed by atoms with Crippen LogP contribution >= 0.6 is 0 Å². The van der Waals surface area contributed by atoms with Gasteiger partial charge in [0.15, 0.2) is 11.5 Å². The van der Waals surface area contributed by atoms with Crippen molar-refractivity contribution < 1.29 is 27.1 Å². The SMILES string of the molecule is COc1ccc(N2C[C@H](NS(=O)(=O)c3ccc(F)cc3)CC2=O)cc1OC. The summed E-state index contributed by atoms with van der Waals surface area (Å²) >= 11 is 0. The molecule has 1 fully saturated rings. The number of carbonyl (C=O) groups is 1. The molecule has 0 saturated carbocycles. The molecule has 7 nitrogen and oxygen atoms in total. The third-order valence-electron chi connectivity index (χ3n) is 4.25. The van der Waals surface area contributed by atoms with E-state index in [1.54, 1.807) is 18.2 Å². The van der Waals surface area contributed by atoms with Crippen molar-refractivity contribution in [2.24, 2.45) is 0 Å². The average molecular weight is 394 g/mol. The molecule has 1 aliphatic rings. The third-order valence-corrected chi connectivity index (χ3v) is 5.79. The van der Waals surface area contributed by atoms with Gasteiger partial charge in [-0.3, -0.25) is 4.79 Å². The smallest absolute Gasteiger partial charge is 0.240 e. The quantitative estimate of drug-likeness (QED) is 0.809. The summed E-state index contributed by atoms with van der Waals surface area (Å²) in [5.74, 6) is 0.262. The number of carbonyl (C=O) groups excluding carboxylic acids is 1. The fourth-order valence-corrected chi connectivity index (χ4v) is 4.16. The first kappa shape index (κ1) is 19.1. The molecule has 1 saturated heterocycles. The molecule has 0 aliphatic carbocycles. The number of methoxy groups -OCH3 is 2. The van der Waals surface area contributed by atoms with Crippen LogP contribution in [0, 0.1) is 5.82 Å². The van der Waals surface area contributed by atoms with Gasteiger partial charge < -0.3 is 14.4 Å². The summed E-state index contributed by atoms with van der Waals surface area (Å²) in [5, 5.41) is 0. The Hall–Kier alpha value is -2.65. The van der Waals surface area contributed by atoms with Gasteiger partial charge in [-0.1, -0.05) is 0 Å². The topological polar surface area (TPSA) is 84.9 Å². The van der Waals surface area contributed by atoms with Crippen molar-refractivity contribution in [3.05, 3.63) is 48.3 Å². The molecule has 0 spiro atoms. The van der Waals surface area contributed by atoms with Gasteiger partial charge in [-0.25, -0.2) is 17.5 Å². The lowest BCUT2D eigenvalue weighted by Gasteiger charge is -2.19. The number of halogens is 1. The van der Waals surface area contributed by atoms with E-state index in [1.807, 2.05) is 0 Å². The van der Waals surface area contributed by atoms with Crippen LogP contribution in [-0.2, 0) is 14.8 Å². The van der Waals surface area contributed by atoms with Gasteiger partial charge in [-0.2, -0.15) is 0 Å². The number of benzene rings is 2. The average Bonchev–Trinajstić information content (AvgIpc) is 3.00. The van der Waals surface area contributed by atoms with Gasteiger partial charge in [0.2, 0.25) is 15.9 Å². The molecule has 2 aromatic rings. The molecule has 1 heterocycles. The number of amides is 1. The van der Waals surface area contributed by atoms with Crippen LogP contribution in [0.3, 0.4) is 0 Å². The zero-order valence-electron chi connectivity index (χ0n) is 14.8. The zero-order chi connectivity index (χ0) is 19.6. The fourth-order valence-electron chi connectivity index (χ4n) is 2.93. The van der Waals surface area contributed by atoms with Gasteiger partial charge in [0.1, 0.15) is 5.82 Å². The first-order chi connectivity index (χ1) is 12.8. The second kappa shape index (κ2) is 7.53. The van der Waals surface area contributed by atoms with Crippen LogP contribution in [-0.4, -0.2) is 41.1 Å². The van der Waals surface area contributed by atoms with Crippen molar-refractivity contribution in [2.75, 3.05) is 25.7 Å². The molecule has 2 aromatic carbocycles. The number of hydrogen-bond acceptors (Lipinski definition) is 5. The van der Waals surface area contributed by atoms with Crippen molar-refractivity contribution in [3.63, 3.8) is 0 Å². The van der Waals surface area contributed by atoms with Crippen LogP contribution in [0.5, 0.6) is 11.5 Å². The maximum Gasteiger partial charge on any atom is 0.240 e. The number of nitrogens with zero attached hydrogens (tertiary/aromatic N) is 1. The molecule has 0 radical (unpaired) electrons. The van der Waals surface area contributed by atoms with Gasteiger partial charge in [0, 0.05) is 30.8 Å². The predicted octanol–water partition coefficient (Wildman–Crippen LogP) is 1.93. The van der Waals surface area contributed by atoms with E-state index < -0.39 is 21.9 Å². The molecule has 1 N–H and O–H groups in total. The molecule has 27 heavy (non-hydrogen) atoms. The summed E-state index contributed by atoms with van der Waals surface area (Å²) < 4.78 is 50.8. The molecule has 1 atom stereocenters. The molecule has 0 aromatic heterocycles. The second-order valence-corrected chi connectivity index (χ2v) is 7.73. The largest absolute Gasteiger partial charge is 0.493 e. The minimum absolute atomic E-state index is 0.0226. The van der Waals surface area contributed by atoms with Crippen LogP contribution in [0.15, 0.2) is 47.4 Å². The molecule has 3 rings (SSSR count). The minimum atomic E-state index is -3.85. The Bertz CT molecular complexity index is 947. The Labute approximate surface area is 156 Å². The second-order valence-electron chi connectivity index (χ2n) is 6.02. The first-order valence-corrected chi connectivity index (χ1v) is 9.62. The third kappa shape index (κ3) is 4.04. The molecule has 1 aliphatic heterocycles. The number of rotatable bonds is 6. The molecule has 0 unspecified atom stereocenters. The summed E-state index contributed by atoms with van der Waals surface area (Å²) in [7, 11) is -0.847. The van der Waals surface area contributed by atoms with Gasteiger partial charge >= 0.3 is 0 Å². The molecular formula is C18H19FN2O5S. The molecular weight excluding hydrogens is 375 g/mol. The first-order valence-electron chi connectivity index (χ1n) is 8.14.